The third-order valence-electron chi connectivity index (χ3n) is 12.1. The molecule has 3 rings (SSSR count). The summed E-state index contributed by atoms with van der Waals surface area (Å²) in [6.45, 7) is 19.2. The van der Waals surface area contributed by atoms with Gasteiger partial charge >= 0.3 is 0 Å². The van der Waals surface area contributed by atoms with Crippen molar-refractivity contribution < 1.29 is 35.5 Å². The van der Waals surface area contributed by atoms with E-state index < -0.39 is 57.5 Å². The fraction of sp³-hybridized carbons (Fsp3) is 0.414. The average Bonchev–Trinajstić information content (AvgIpc) is 3.31. The molecule has 11 heteroatoms. The predicted octanol–water partition coefficient (Wildman–Crippen LogP) is 13.4. The zero-order valence-corrected chi connectivity index (χ0v) is 45.0. The first-order chi connectivity index (χ1) is 32.5. The molecular weight excluding hydrogens is 921 g/mol. The minimum atomic E-state index is -3.94. The zero-order chi connectivity index (χ0) is 51.4. The van der Waals surface area contributed by atoms with Crippen molar-refractivity contribution >= 4 is 29.5 Å². The van der Waals surface area contributed by atoms with Gasteiger partial charge in [-0.05, 0) is 175 Å². The van der Waals surface area contributed by atoms with Crippen LogP contribution in [0, 0.1) is 0 Å². The third kappa shape index (κ3) is 18.9. The number of hydrogen-bond donors (Lipinski definition) is 2. The molecule has 0 bridgehead atoms. The maximum absolute atomic E-state index is 14.1. The minimum Gasteiger partial charge on any atom is -0.387 e. The Bertz CT molecular complexity index is 2700. The maximum atomic E-state index is 14.1. The van der Waals surface area contributed by atoms with E-state index in [1.807, 2.05) is 73.6 Å². The molecule has 3 aromatic carbocycles. The lowest BCUT2D eigenvalue weighted by Gasteiger charge is -2.22. The summed E-state index contributed by atoms with van der Waals surface area (Å²) in [5.41, 5.74) is 6.94. The van der Waals surface area contributed by atoms with Crippen LogP contribution in [0.2, 0.25) is 0 Å². The van der Waals surface area contributed by atoms with Gasteiger partial charge < -0.3 is 10.2 Å². The number of aliphatic hydroxyl groups excluding tert-OH is 2. The molecule has 0 saturated heterocycles. The summed E-state index contributed by atoms with van der Waals surface area (Å²) in [6, 6.07) is 24.7. The number of allylic oxidation sites excluding steroid dienone is 11. The van der Waals surface area contributed by atoms with Crippen LogP contribution in [-0.2, 0) is 29.5 Å². The molecule has 2 N–H and O–H groups in total. The van der Waals surface area contributed by atoms with E-state index in [0.717, 1.165) is 35.1 Å². The number of sulfone groups is 3. The van der Waals surface area contributed by atoms with Crippen LogP contribution in [0.15, 0.2) is 199 Å². The van der Waals surface area contributed by atoms with E-state index in [0.29, 0.717) is 49.7 Å². The topological polar surface area (TPSA) is 143 Å². The molecule has 69 heavy (non-hydrogen) atoms. The second-order valence-corrected chi connectivity index (χ2v) is 25.2. The number of benzene rings is 3. The minimum absolute atomic E-state index is 0.138. The molecule has 0 amide bonds. The van der Waals surface area contributed by atoms with Gasteiger partial charge in [-0.25, -0.2) is 25.3 Å². The van der Waals surface area contributed by atoms with E-state index in [9.17, 15) is 35.5 Å². The Kier molecular flexibility index (Phi) is 24.0. The van der Waals surface area contributed by atoms with Crippen LogP contribution in [0.1, 0.15) is 127 Å². The van der Waals surface area contributed by atoms with Crippen molar-refractivity contribution in [3.8, 4) is 0 Å². The van der Waals surface area contributed by atoms with Crippen LogP contribution in [0.4, 0.5) is 0 Å². The van der Waals surface area contributed by atoms with Crippen LogP contribution < -0.4 is 0 Å². The van der Waals surface area contributed by atoms with Gasteiger partial charge in [-0.15, -0.1) is 0 Å². The summed E-state index contributed by atoms with van der Waals surface area (Å²) in [5.74, 6) is 0. The molecule has 0 aromatic heterocycles. The van der Waals surface area contributed by atoms with Gasteiger partial charge in [0.05, 0.1) is 32.1 Å². The molecule has 5 unspecified atom stereocenters. The summed E-state index contributed by atoms with van der Waals surface area (Å²) < 4.78 is 84.1. The molecule has 0 radical (unpaired) electrons. The maximum Gasteiger partial charge on any atom is 0.187 e. The van der Waals surface area contributed by atoms with Crippen LogP contribution >= 0.6 is 0 Å². The highest BCUT2D eigenvalue weighted by Gasteiger charge is 2.34. The highest BCUT2D eigenvalue weighted by atomic mass is 32.2. The standard InChI is InChI=1S/C58H78O8S3/c1-43(2)24-20-27-47(7)41-55(68(63,64)52-34-16-12-17-35-52)57(59)49(9)30-22-26-45(5)38-39-54(67(61,62)51-32-14-11-15-33-51)40-46(6)29-23-31-50(10)58(60)56(42-48(8)28-21-25-44(3)4)69(65,66)53-36-18-13-19-37-53/h11-19,24-25,30-38,40-42,54-60H,20-23,26-29,39H2,1-10H3/b45-38+,46-40+,47-41+,48-42+,49-30+,50-31+. The Labute approximate surface area is 416 Å². The van der Waals surface area contributed by atoms with Crippen molar-refractivity contribution in [3.63, 3.8) is 0 Å². The molecule has 0 fully saturated rings. The highest BCUT2D eigenvalue weighted by Crippen LogP contribution is 2.29. The van der Waals surface area contributed by atoms with Gasteiger partial charge in [0.1, 0.15) is 10.5 Å². The Hall–Kier alpha value is -4.65. The van der Waals surface area contributed by atoms with Crippen LogP contribution in [0.5, 0.6) is 0 Å². The monoisotopic (exact) mass is 998 g/mol. The first-order valence-electron chi connectivity index (χ1n) is 24.0. The SMILES string of the molecule is CC(C)=CCC/C(C)=C/C(C(O)/C(C)=C/CC/C(C)=C/CC(/C=C(\C)CC/C=C(\C)C(O)C(/C=C(\C)CCC=C(C)C)S(=O)(=O)c1ccccc1)S(=O)(=O)c1ccccc1)S(=O)(=O)c1ccccc1. The lowest BCUT2D eigenvalue weighted by Crippen LogP contribution is -2.34. The quantitative estimate of drug-likeness (QED) is 0.0719. The number of rotatable bonds is 27. The lowest BCUT2D eigenvalue weighted by atomic mass is 10.0. The number of aliphatic hydroxyl groups is 2. The first-order valence-corrected chi connectivity index (χ1v) is 28.6. The molecule has 0 aliphatic carbocycles. The Morgan fingerprint density at radius 1 is 0.406 bits per heavy atom. The van der Waals surface area contributed by atoms with Gasteiger partial charge in [0.15, 0.2) is 29.5 Å². The Morgan fingerprint density at radius 3 is 1.06 bits per heavy atom. The summed E-state index contributed by atoms with van der Waals surface area (Å²) in [7, 11) is -11.7. The van der Waals surface area contributed by atoms with E-state index in [1.54, 1.807) is 123 Å². The molecular formula is C58H78O8S3. The van der Waals surface area contributed by atoms with Crippen LogP contribution in [0.25, 0.3) is 0 Å². The molecule has 0 heterocycles. The molecule has 3 aromatic rings. The molecule has 0 aliphatic rings. The van der Waals surface area contributed by atoms with Crippen LogP contribution in [0.3, 0.4) is 0 Å². The second kappa shape index (κ2) is 28.3. The van der Waals surface area contributed by atoms with E-state index in [1.165, 1.54) is 11.1 Å². The third-order valence-corrected chi connectivity index (χ3v) is 18.3. The van der Waals surface area contributed by atoms with Gasteiger partial charge in [-0.2, -0.15) is 0 Å². The van der Waals surface area contributed by atoms with E-state index in [4.69, 9.17) is 0 Å². The van der Waals surface area contributed by atoms with Crippen molar-refractivity contribution in [1.29, 1.82) is 0 Å². The Morgan fingerprint density at radius 2 is 0.710 bits per heavy atom. The normalized spacial score (nSPS) is 16.1. The van der Waals surface area contributed by atoms with Crippen molar-refractivity contribution in [1.82, 2.24) is 0 Å². The molecule has 8 nitrogen and oxygen atoms in total. The summed E-state index contributed by atoms with van der Waals surface area (Å²) >= 11 is 0. The van der Waals surface area contributed by atoms with Gasteiger partial charge in [-0.3, -0.25) is 0 Å². The average molecular weight is 999 g/mol. The molecule has 376 valence electrons. The molecule has 0 spiro atoms. The van der Waals surface area contributed by atoms with Crippen molar-refractivity contribution in [2.45, 2.75) is 170 Å². The smallest absolute Gasteiger partial charge is 0.187 e. The fourth-order valence-electron chi connectivity index (χ4n) is 7.84. The first kappa shape index (κ1) is 58.7. The number of hydrogen-bond acceptors (Lipinski definition) is 8. The zero-order valence-electron chi connectivity index (χ0n) is 42.6. The van der Waals surface area contributed by atoms with Gasteiger partial charge in [-0.1, -0.05) is 137 Å². The van der Waals surface area contributed by atoms with E-state index >= 15 is 0 Å². The molecule has 0 saturated carbocycles. The fourth-order valence-corrected chi connectivity index (χ4v) is 13.1. The van der Waals surface area contributed by atoms with Crippen molar-refractivity contribution in [3.05, 3.63) is 184 Å². The van der Waals surface area contributed by atoms with Crippen molar-refractivity contribution in [2.75, 3.05) is 0 Å². The Balaban J connectivity index is 1.84. The van der Waals surface area contributed by atoms with Gasteiger partial charge in [0.25, 0.3) is 0 Å². The molecule has 5 atom stereocenters. The largest absolute Gasteiger partial charge is 0.387 e. The highest BCUT2D eigenvalue weighted by molar-refractivity contribution is 7.92. The van der Waals surface area contributed by atoms with Crippen molar-refractivity contribution in [2.24, 2.45) is 0 Å². The van der Waals surface area contributed by atoms with E-state index in [-0.39, 0.29) is 21.1 Å². The van der Waals surface area contributed by atoms with Gasteiger partial charge in [0, 0.05) is 0 Å². The van der Waals surface area contributed by atoms with Crippen LogP contribution in [-0.4, -0.2) is 63.4 Å². The lowest BCUT2D eigenvalue weighted by molar-refractivity contribution is 0.214. The second-order valence-electron chi connectivity index (χ2n) is 18.9. The summed E-state index contributed by atoms with van der Waals surface area (Å²) in [6.07, 6.45) is 17.5. The summed E-state index contributed by atoms with van der Waals surface area (Å²) in [5, 5.41) is 20.0. The van der Waals surface area contributed by atoms with Gasteiger partial charge in [0.2, 0.25) is 0 Å². The summed E-state index contributed by atoms with van der Waals surface area (Å²) in [4.78, 5) is 0.501. The predicted molar refractivity (Wildman–Crippen MR) is 287 cm³/mol. The van der Waals surface area contributed by atoms with E-state index in [2.05, 4.69) is 12.2 Å². The molecule has 0 aliphatic heterocycles.